The highest BCUT2D eigenvalue weighted by atomic mass is 19.1. The molecule has 0 aromatic carbocycles. The topological polar surface area (TPSA) is 12.0 Å². The average Bonchev–Trinajstić information content (AvgIpc) is 1.41. The van der Waals surface area contributed by atoms with Gasteiger partial charge in [-0.1, -0.05) is 0 Å². The molecule has 0 bridgehead atoms. The zero-order valence-corrected chi connectivity index (χ0v) is 3.16. The number of hydrogen-bond donors (Lipinski definition) is 1. The Kier molecular flexibility index (Phi) is 3.92. The zero-order chi connectivity index (χ0) is 4.12. The summed E-state index contributed by atoms with van der Waals surface area (Å²) in [6.45, 7) is 0. The van der Waals surface area contributed by atoms with Crippen molar-refractivity contribution >= 4 is 7.56 Å². The van der Waals surface area contributed by atoms with E-state index in [1.54, 1.807) is 7.05 Å². The molecule has 29 valence electrons. The molecule has 0 saturated heterocycles. The van der Waals surface area contributed by atoms with Crippen LogP contribution in [-0.4, -0.2) is 21.0 Å². The van der Waals surface area contributed by atoms with Gasteiger partial charge in [0.1, 0.15) is 0 Å². The van der Waals surface area contributed by atoms with Gasteiger partial charge in [-0.05, 0) is 7.05 Å². The maximum Gasteiger partial charge on any atom is 0.369 e. The second kappa shape index (κ2) is 3.95. The SMILES string of the molecule is CNC[B]F. The quantitative estimate of drug-likeness (QED) is 0.445. The van der Waals surface area contributed by atoms with Gasteiger partial charge in [-0.15, -0.1) is 0 Å². The fourth-order valence-electron chi connectivity index (χ4n) is 0.0772. The molecule has 0 amide bonds. The molecule has 0 fully saturated rings. The Morgan fingerprint density at radius 3 is 2.60 bits per heavy atom. The summed E-state index contributed by atoms with van der Waals surface area (Å²) < 4.78 is 10.8. The number of hydrogen-bond acceptors (Lipinski definition) is 1. The van der Waals surface area contributed by atoms with Crippen LogP contribution in [0.4, 0.5) is 4.32 Å². The van der Waals surface area contributed by atoms with Crippen molar-refractivity contribution in [2.75, 3.05) is 13.5 Å². The molecule has 3 heteroatoms. The molecule has 1 nitrogen and oxygen atoms in total. The van der Waals surface area contributed by atoms with Gasteiger partial charge in [0.05, 0.1) is 0 Å². The van der Waals surface area contributed by atoms with Gasteiger partial charge in [0.25, 0.3) is 0 Å². The summed E-state index contributed by atoms with van der Waals surface area (Å²) in [5.74, 6) is 0. The standard InChI is InChI=1S/C2H6BFN/c1-5-2-3-4/h5H,2H2,1H3. The van der Waals surface area contributed by atoms with E-state index in [0.29, 0.717) is 14.0 Å². The maximum absolute atomic E-state index is 10.8. The van der Waals surface area contributed by atoms with Gasteiger partial charge >= 0.3 is 7.56 Å². The first-order valence-corrected chi connectivity index (χ1v) is 1.48. The molecular formula is C2H6BFN. The first-order valence-electron chi connectivity index (χ1n) is 1.48. The minimum atomic E-state index is 0.347. The lowest BCUT2D eigenvalue weighted by Crippen LogP contribution is -2.10. The van der Waals surface area contributed by atoms with Crippen LogP contribution in [0.3, 0.4) is 0 Å². The van der Waals surface area contributed by atoms with Gasteiger partial charge in [0.15, 0.2) is 0 Å². The summed E-state index contributed by atoms with van der Waals surface area (Å²) >= 11 is 0. The fraction of sp³-hybridized carbons (Fsp3) is 1.00. The van der Waals surface area contributed by atoms with Gasteiger partial charge in [-0.2, -0.15) is 0 Å². The Balaban J connectivity index is 2.19. The van der Waals surface area contributed by atoms with Crippen molar-refractivity contribution in [1.29, 1.82) is 0 Å². The van der Waals surface area contributed by atoms with Crippen LogP contribution in [0, 0.1) is 0 Å². The molecule has 0 heterocycles. The van der Waals surface area contributed by atoms with Crippen LogP contribution < -0.4 is 5.32 Å². The molecule has 0 aromatic heterocycles. The van der Waals surface area contributed by atoms with Crippen LogP contribution in [0.15, 0.2) is 0 Å². The highest BCUT2D eigenvalue weighted by Crippen LogP contribution is 1.49. The van der Waals surface area contributed by atoms with E-state index in [2.05, 4.69) is 5.32 Å². The highest BCUT2D eigenvalue weighted by Gasteiger charge is 1.76. The Hall–Kier alpha value is -0.0451. The van der Waals surface area contributed by atoms with Crippen molar-refractivity contribution in [2.24, 2.45) is 0 Å². The minimum Gasteiger partial charge on any atom is -0.341 e. The molecular weight excluding hydrogens is 67.8 g/mol. The van der Waals surface area contributed by atoms with Crippen LogP contribution in [0.2, 0.25) is 0 Å². The van der Waals surface area contributed by atoms with Crippen molar-refractivity contribution in [3.05, 3.63) is 0 Å². The van der Waals surface area contributed by atoms with E-state index in [-0.39, 0.29) is 0 Å². The normalized spacial score (nSPS) is 7.60. The van der Waals surface area contributed by atoms with E-state index in [9.17, 15) is 4.32 Å². The number of halogens is 1. The summed E-state index contributed by atoms with van der Waals surface area (Å²) in [5, 5.41) is 2.59. The number of nitrogens with one attached hydrogen (secondary N) is 1. The van der Waals surface area contributed by atoms with E-state index in [0.717, 1.165) is 0 Å². The van der Waals surface area contributed by atoms with Crippen LogP contribution in [-0.2, 0) is 0 Å². The van der Waals surface area contributed by atoms with Crippen molar-refractivity contribution in [3.8, 4) is 0 Å². The Morgan fingerprint density at radius 1 is 2.00 bits per heavy atom. The van der Waals surface area contributed by atoms with E-state index in [4.69, 9.17) is 0 Å². The first kappa shape index (κ1) is 4.95. The lowest BCUT2D eigenvalue weighted by atomic mass is 10.1. The van der Waals surface area contributed by atoms with Gasteiger partial charge in [-0.25, -0.2) is 0 Å². The first-order chi connectivity index (χ1) is 2.41. The smallest absolute Gasteiger partial charge is 0.341 e. The number of rotatable bonds is 2. The summed E-state index contributed by atoms with van der Waals surface area (Å²) in [5.41, 5.74) is 0. The van der Waals surface area contributed by atoms with E-state index in [1.165, 1.54) is 0 Å². The molecule has 1 radical (unpaired) electrons. The Labute approximate surface area is 31.9 Å². The third-order valence-corrected chi connectivity index (χ3v) is 0.281. The lowest BCUT2D eigenvalue weighted by Gasteiger charge is -1.79. The van der Waals surface area contributed by atoms with Gasteiger partial charge in [0.2, 0.25) is 0 Å². The molecule has 0 rings (SSSR count). The molecule has 1 N–H and O–H groups in total. The highest BCUT2D eigenvalue weighted by molar-refractivity contribution is 6.26. The molecule has 0 saturated carbocycles. The molecule has 0 atom stereocenters. The second-order valence-corrected chi connectivity index (χ2v) is 0.712. The molecule has 0 aromatic rings. The third-order valence-electron chi connectivity index (χ3n) is 0.281. The summed E-state index contributed by atoms with van der Waals surface area (Å²) in [6.07, 6.45) is 0.347. The van der Waals surface area contributed by atoms with Crippen molar-refractivity contribution in [1.82, 2.24) is 5.32 Å². The predicted octanol–water partition coefficient (Wildman–Crippen LogP) is -0.248. The average molecular weight is 73.9 g/mol. The summed E-state index contributed by atoms with van der Waals surface area (Å²) in [4.78, 5) is 0. The molecule has 0 aliphatic rings. The van der Waals surface area contributed by atoms with Gasteiger partial charge < -0.3 is 9.63 Å². The third kappa shape index (κ3) is 3.95. The maximum atomic E-state index is 10.8. The minimum absolute atomic E-state index is 0.347. The molecule has 0 aliphatic heterocycles. The van der Waals surface area contributed by atoms with Crippen molar-refractivity contribution < 1.29 is 4.32 Å². The summed E-state index contributed by atoms with van der Waals surface area (Å²) in [7, 11) is 2.26. The Bertz CT molecular complexity index is 17.1. The van der Waals surface area contributed by atoms with Gasteiger partial charge in [0, 0.05) is 6.44 Å². The predicted molar refractivity (Wildman–Crippen MR) is 20.8 cm³/mol. The summed E-state index contributed by atoms with van der Waals surface area (Å²) in [6, 6.07) is 0. The monoisotopic (exact) mass is 74.1 g/mol. The molecule has 0 unspecified atom stereocenters. The van der Waals surface area contributed by atoms with Crippen LogP contribution in [0.1, 0.15) is 0 Å². The lowest BCUT2D eigenvalue weighted by molar-refractivity contribution is 0.826. The van der Waals surface area contributed by atoms with Crippen LogP contribution in [0.5, 0.6) is 0 Å². The van der Waals surface area contributed by atoms with Crippen molar-refractivity contribution in [2.45, 2.75) is 0 Å². The van der Waals surface area contributed by atoms with Crippen molar-refractivity contribution in [3.63, 3.8) is 0 Å². The van der Waals surface area contributed by atoms with E-state index < -0.39 is 0 Å². The largest absolute Gasteiger partial charge is 0.369 e. The molecule has 0 spiro atoms. The zero-order valence-electron chi connectivity index (χ0n) is 3.16. The second-order valence-electron chi connectivity index (χ2n) is 0.712. The van der Waals surface area contributed by atoms with Crippen LogP contribution in [0.25, 0.3) is 0 Å². The fourth-order valence-corrected chi connectivity index (χ4v) is 0.0772. The Morgan fingerprint density at radius 2 is 2.60 bits per heavy atom. The van der Waals surface area contributed by atoms with Gasteiger partial charge in [-0.3, -0.25) is 0 Å². The van der Waals surface area contributed by atoms with Crippen LogP contribution >= 0.6 is 0 Å². The molecule has 5 heavy (non-hydrogen) atoms. The van der Waals surface area contributed by atoms with E-state index in [1.807, 2.05) is 0 Å². The molecule has 0 aliphatic carbocycles. The van der Waals surface area contributed by atoms with E-state index >= 15 is 0 Å².